The first-order valence-electron chi connectivity index (χ1n) is 37.1. The number of esters is 2. The van der Waals surface area contributed by atoms with E-state index in [1.807, 2.05) is 0 Å². The molecule has 87 heavy (non-hydrogen) atoms. The molecule has 0 bridgehead atoms. The number of phosphoric ester groups is 1. The van der Waals surface area contributed by atoms with Gasteiger partial charge in [-0.25, -0.2) is 4.57 Å². The van der Waals surface area contributed by atoms with Crippen molar-refractivity contribution in [1.82, 2.24) is 0 Å². The number of hydrogen-bond donors (Lipinski definition) is 2. The van der Waals surface area contributed by atoms with Crippen LogP contribution in [0.3, 0.4) is 0 Å². The maximum atomic E-state index is 12.8. The van der Waals surface area contributed by atoms with Crippen LogP contribution in [-0.4, -0.2) is 49.3 Å². The van der Waals surface area contributed by atoms with Gasteiger partial charge in [0.15, 0.2) is 6.10 Å². The molecule has 0 saturated carbocycles. The van der Waals surface area contributed by atoms with E-state index < -0.39 is 26.5 Å². The SMILES string of the molecule is CC/C=C\C/C=C\C/C=C\C/C=C\C/C=C\C/C=C\C/C=C\CCCCCCCCCCCCCCCC(=O)OC(COC(=O)CCCCCCCCCCCCCCCCCCCCCCCCCCCCCCCCC)COP(=O)(O)OCCN. The van der Waals surface area contributed by atoms with Crippen molar-refractivity contribution in [1.29, 1.82) is 0 Å². The Kier molecular flexibility index (Phi) is 69.9. The van der Waals surface area contributed by atoms with Crippen LogP contribution in [0, 0.1) is 0 Å². The monoisotopic (exact) mass is 1240 g/mol. The number of allylic oxidation sites excluding steroid dienone is 14. The summed E-state index contributed by atoms with van der Waals surface area (Å²) in [4.78, 5) is 35.4. The molecular formula is C77H140NO8P. The molecule has 0 heterocycles. The van der Waals surface area contributed by atoms with E-state index in [4.69, 9.17) is 24.3 Å². The lowest BCUT2D eigenvalue weighted by molar-refractivity contribution is -0.161. The maximum Gasteiger partial charge on any atom is 0.472 e. The van der Waals surface area contributed by atoms with E-state index in [1.54, 1.807) is 0 Å². The number of carbonyl (C=O) groups is 2. The zero-order valence-corrected chi connectivity index (χ0v) is 57.9. The molecule has 2 unspecified atom stereocenters. The standard InChI is InChI=1S/C77H140NO8P/c1-3-5-7-9-11-13-15-17-19-21-23-25-27-29-31-33-35-36-37-38-40-42-44-46-48-50-52-54-56-58-60-62-64-66-68-70-77(80)86-75(74-85-87(81,82)84-72-71-78)73-83-76(79)69-67-65-63-61-59-57-55-53-51-49-47-45-43-41-39-34-32-30-28-26-24-22-20-18-16-14-12-10-8-6-4-2/h5,7,11,13,17,19,23,25,29,31,35-36,38,40,75H,3-4,6,8-10,12,14-16,18,20-22,24,26-28,30,32-34,37,39,41-74,78H2,1-2H3,(H,81,82)/b7-5-,13-11-,19-17-,25-23-,31-29-,36-35-,40-38-. The summed E-state index contributed by atoms with van der Waals surface area (Å²) in [6, 6.07) is 0. The fourth-order valence-corrected chi connectivity index (χ4v) is 11.6. The second kappa shape index (κ2) is 72.3. The van der Waals surface area contributed by atoms with Crippen molar-refractivity contribution in [3.8, 4) is 0 Å². The minimum absolute atomic E-state index is 0.0525. The Labute approximate surface area is 538 Å². The summed E-state index contributed by atoms with van der Waals surface area (Å²) >= 11 is 0. The molecule has 0 rings (SSSR count). The fraction of sp³-hybridized carbons (Fsp3) is 0.792. The molecule has 0 aromatic rings. The molecule has 9 nitrogen and oxygen atoms in total. The van der Waals surface area contributed by atoms with Crippen molar-refractivity contribution in [2.24, 2.45) is 5.73 Å². The highest BCUT2D eigenvalue weighted by Gasteiger charge is 2.26. The highest BCUT2D eigenvalue weighted by Crippen LogP contribution is 2.43. The second-order valence-corrected chi connectivity index (χ2v) is 26.2. The average molecular weight is 1240 g/mol. The van der Waals surface area contributed by atoms with Gasteiger partial charge in [0.05, 0.1) is 13.2 Å². The highest BCUT2D eigenvalue weighted by molar-refractivity contribution is 7.47. The van der Waals surface area contributed by atoms with Crippen LogP contribution in [0.4, 0.5) is 0 Å². The van der Waals surface area contributed by atoms with Crippen LogP contribution < -0.4 is 5.73 Å². The highest BCUT2D eigenvalue weighted by atomic mass is 31.2. The third kappa shape index (κ3) is 72.1. The molecule has 0 aromatic carbocycles. The summed E-state index contributed by atoms with van der Waals surface area (Å²) in [5, 5.41) is 0. The van der Waals surface area contributed by atoms with Crippen molar-refractivity contribution in [2.75, 3.05) is 26.4 Å². The van der Waals surface area contributed by atoms with E-state index in [0.717, 1.165) is 83.5 Å². The van der Waals surface area contributed by atoms with Crippen molar-refractivity contribution >= 4 is 19.8 Å². The van der Waals surface area contributed by atoms with Crippen LogP contribution in [-0.2, 0) is 32.7 Å². The molecule has 0 fully saturated rings. The summed E-state index contributed by atoms with van der Waals surface area (Å²) < 4.78 is 33.2. The van der Waals surface area contributed by atoms with E-state index in [-0.39, 0.29) is 38.6 Å². The molecule has 0 aromatic heterocycles. The summed E-state index contributed by atoms with van der Waals surface area (Å²) in [6.07, 6.45) is 96.9. The summed E-state index contributed by atoms with van der Waals surface area (Å²) in [6.45, 7) is 3.69. The number of carbonyl (C=O) groups excluding carboxylic acids is 2. The van der Waals surface area contributed by atoms with Crippen molar-refractivity contribution in [3.63, 3.8) is 0 Å². The third-order valence-electron chi connectivity index (χ3n) is 16.3. The molecule has 0 aliphatic carbocycles. The third-order valence-corrected chi connectivity index (χ3v) is 17.3. The maximum absolute atomic E-state index is 12.8. The first kappa shape index (κ1) is 84.2. The summed E-state index contributed by atoms with van der Waals surface area (Å²) in [7, 11) is -4.40. The van der Waals surface area contributed by atoms with Gasteiger partial charge in [-0.15, -0.1) is 0 Å². The van der Waals surface area contributed by atoms with Crippen LogP contribution in [0.15, 0.2) is 85.1 Å². The Morgan fingerprint density at radius 1 is 0.356 bits per heavy atom. The van der Waals surface area contributed by atoms with E-state index in [9.17, 15) is 19.0 Å². The van der Waals surface area contributed by atoms with Gasteiger partial charge >= 0.3 is 19.8 Å². The minimum atomic E-state index is -4.40. The van der Waals surface area contributed by atoms with Gasteiger partial charge in [0, 0.05) is 19.4 Å². The van der Waals surface area contributed by atoms with E-state index in [1.165, 1.54) is 244 Å². The average Bonchev–Trinajstić information content (AvgIpc) is 3.64. The molecule has 506 valence electrons. The molecule has 0 aliphatic heterocycles. The quantitative estimate of drug-likeness (QED) is 0.0264. The van der Waals surface area contributed by atoms with Gasteiger partial charge in [0.1, 0.15) is 6.61 Å². The van der Waals surface area contributed by atoms with Crippen molar-refractivity contribution in [3.05, 3.63) is 85.1 Å². The Balaban J connectivity index is 3.84. The van der Waals surface area contributed by atoms with Crippen LogP contribution in [0.2, 0.25) is 0 Å². The number of hydrogen-bond acceptors (Lipinski definition) is 8. The molecule has 0 amide bonds. The fourth-order valence-electron chi connectivity index (χ4n) is 10.9. The smallest absolute Gasteiger partial charge is 0.462 e. The number of phosphoric acid groups is 1. The molecule has 3 N–H and O–H groups in total. The molecule has 10 heteroatoms. The lowest BCUT2D eigenvalue weighted by atomic mass is 10.0. The van der Waals surface area contributed by atoms with Crippen LogP contribution in [0.5, 0.6) is 0 Å². The number of nitrogens with two attached hydrogens (primary N) is 1. The van der Waals surface area contributed by atoms with Crippen molar-refractivity contribution in [2.45, 2.75) is 367 Å². The van der Waals surface area contributed by atoms with Crippen LogP contribution in [0.25, 0.3) is 0 Å². The summed E-state index contributed by atoms with van der Waals surface area (Å²) in [5.74, 6) is -0.814. The van der Waals surface area contributed by atoms with Gasteiger partial charge in [-0.1, -0.05) is 362 Å². The van der Waals surface area contributed by atoms with Crippen molar-refractivity contribution < 1.29 is 37.6 Å². The first-order valence-corrected chi connectivity index (χ1v) is 38.6. The van der Waals surface area contributed by atoms with Gasteiger partial charge in [-0.3, -0.25) is 18.6 Å². The number of rotatable bonds is 70. The normalized spacial score (nSPS) is 13.4. The van der Waals surface area contributed by atoms with Gasteiger partial charge in [-0.05, 0) is 70.6 Å². The Bertz CT molecular complexity index is 1700. The lowest BCUT2D eigenvalue weighted by Crippen LogP contribution is -2.29. The molecule has 0 spiro atoms. The Hall–Kier alpha value is -2.81. The Morgan fingerprint density at radius 3 is 0.943 bits per heavy atom. The zero-order chi connectivity index (χ0) is 63.0. The predicted octanol–water partition coefficient (Wildman–Crippen LogP) is 24.5. The predicted molar refractivity (Wildman–Crippen MR) is 376 cm³/mol. The first-order chi connectivity index (χ1) is 42.8. The Morgan fingerprint density at radius 2 is 0.632 bits per heavy atom. The van der Waals surface area contributed by atoms with E-state index >= 15 is 0 Å². The van der Waals surface area contributed by atoms with E-state index in [2.05, 4.69) is 98.9 Å². The van der Waals surface area contributed by atoms with E-state index in [0.29, 0.717) is 6.42 Å². The molecule has 0 radical (unpaired) electrons. The summed E-state index contributed by atoms with van der Waals surface area (Å²) in [5.41, 5.74) is 5.41. The van der Waals surface area contributed by atoms with Gasteiger partial charge in [0.25, 0.3) is 0 Å². The van der Waals surface area contributed by atoms with Gasteiger partial charge in [0.2, 0.25) is 0 Å². The zero-order valence-electron chi connectivity index (χ0n) is 57.0. The number of unbranched alkanes of at least 4 members (excludes halogenated alkanes) is 43. The largest absolute Gasteiger partial charge is 0.472 e. The van der Waals surface area contributed by atoms with Crippen LogP contribution in [0.1, 0.15) is 361 Å². The number of ether oxygens (including phenoxy) is 2. The molecule has 0 aliphatic rings. The topological polar surface area (TPSA) is 134 Å². The molecule has 0 saturated heterocycles. The minimum Gasteiger partial charge on any atom is -0.462 e. The van der Waals surface area contributed by atoms with Gasteiger partial charge in [-0.2, -0.15) is 0 Å². The molecular weight excluding hydrogens is 1100 g/mol. The lowest BCUT2D eigenvalue weighted by Gasteiger charge is -2.19. The second-order valence-electron chi connectivity index (χ2n) is 24.8. The van der Waals surface area contributed by atoms with Gasteiger partial charge < -0.3 is 20.1 Å². The molecule has 2 atom stereocenters. The van der Waals surface area contributed by atoms with Crippen LogP contribution >= 0.6 is 7.82 Å².